The van der Waals surface area contributed by atoms with Gasteiger partial charge < -0.3 is 14.8 Å². The lowest BCUT2D eigenvalue weighted by atomic mass is 10.1. The van der Waals surface area contributed by atoms with Crippen molar-refractivity contribution < 1.29 is 9.47 Å². The third-order valence-electron chi connectivity index (χ3n) is 5.29. The fraction of sp³-hybridized carbons (Fsp3) is 0.455. The number of nitrogens with zero attached hydrogens (tertiary/aromatic N) is 3. The second-order valence-electron chi connectivity index (χ2n) is 7.63. The van der Waals surface area contributed by atoms with Crippen LogP contribution in [0.1, 0.15) is 17.5 Å². The number of fused-ring (bicyclic) bond motifs is 1. The molecular formula is C22H30ClN5O3. The summed E-state index contributed by atoms with van der Waals surface area (Å²) >= 11 is 0. The van der Waals surface area contributed by atoms with Crippen molar-refractivity contribution in [3.63, 3.8) is 0 Å². The normalized spacial score (nSPS) is 14.4. The van der Waals surface area contributed by atoms with Gasteiger partial charge in [0.1, 0.15) is 12.4 Å². The molecule has 0 radical (unpaired) electrons. The Kier molecular flexibility index (Phi) is 8.34. The number of morpholine rings is 1. The minimum Gasteiger partial charge on any atom is -0.492 e. The van der Waals surface area contributed by atoms with E-state index in [9.17, 15) is 4.79 Å². The summed E-state index contributed by atoms with van der Waals surface area (Å²) < 4.78 is 12.9. The van der Waals surface area contributed by atoms with E-state index in [2.05, 4.69) is 32.5 Å². The molecule has 0 unspecified atom stereocenters. The molecule has 1 aromatic carbocycles. The molecule has 1 fully saturated rings. The number of pyridine rings is 1. The first-order chi connectivity index (χ1) is 14.7. The van der Waals surface area contributed by atoms with Gasteiger partial charge in [-0.2, -0.15) is 5.10 Å². The van der Waals surface area contributed by atoms with Crippen LogP contribution in [0.15, 0.2) is 41.3 Å². The first-order valence-electron chi connectivity index (χ1n) is 10.5. The summed E-state index contributed by atoms with van der Waals surface area (Å²) in [6.45, 7) is 7.98. The standard InChI is InChI=1S/C22H29N5O3.ClH/c1-17-14-20(21-24-25-22(28)27(21)16-17)23-7-3-5-18-4-2-6-19(15-18)30-13-10-26-8-11-29-12-9-26;/h2,4,6,14-16,23H,3,5,7-13H2,1H3,(H,25,28);1H. The van der Waals surface area contributed by atoms with Crippen LogP contribution < -0.4 is 15.7 Å². The van der Waals surface area contributed by atoms with Gasteiger partial charge >= 0.3 is 5.69 Å². The summed E-state index contributed by atoms with van der Waals surface area (Å²) in [5, 5.41) is 10.0. The number of anilines is 1. The number of hydrogen-bond donors (Lipinski definition) is 2. The number of aryl methyl sites for hydroxylation is 2. The maximum atomic E-state index is 11.8. The summed E-state index contributed by atoms with van der Waals surface area (Å²) in [5.74, 6) is 0.921. The van der Waals surface area contributed by atoms with Gasteiger partial charge in [0.2, 0.25) is 0 Å². The number of halogens is 1. The molecule has 31 heavy (non-hydrogen) atoms. The van der Waals surface area contributed by atoms with Crippen molar-refractivity contribution in [1.82, 2.24) is 19.5 Å². The monoisotopic (exact) mass is 447 g/mol. The van der Waals surface area contributed by atoms with Gasteiger partial charge in [-0.05, 0) is 49.1 Å². The molecule has 3 heterocycles. The quantitative estimate of drug-likeness (QED) is 0.490. The van der Waals surface area contributed by atoms with Crippen LogP contribution in [0.25, 0.3) is 5.65 Å². The van der Waals surface area contributed by atoms with Crippen molar-refractivity contribution in [3.8, 4) is 5.75 Å². The number of benzene rings is 1. The second-order valence-corrected chi connectivity index (χ2v) is 7.63. The van der Waals surface area contributed by atoms with Crippen LogP contribution in [0.5, 0.6) is 5.75 Å². The third-order valence-corrected chi connectivity index (χ3v) is 5.29. The van der Waals surface area contributed by atoms with Crippen molar-refractivity contribution in [2.75, 3.05) is 51.3 Å². The highest BCUT2D eigenvalue weighted by molar-refractivity contribution is 5.85. The number of hydrogen-bond acceptors (Lipinski definition) is 6. The van der Waals surface area contributed by atoms with Gasteiger partial charge in [0.15, 0.2) is 5.65 Å². The molecule has 0 bridgehead atoms. The van der Waals surface area contributed by atoms with Gasteiger partial charge in [0, 0.05) is 32.4 Å². The van der Waals surface area contributed by atoms with E-state index in [4.69, 9.17) is 9.47 Å². The molecule has 0 aliphatic carbocycles. The lowest BCUT2D eigenvalue weighted by molar-refractivity contribution is 0.0322. The molecule has 1 aliphatic rings. The number of ether oxygens (including phenoxy) is 2. The van der Waals surface area contributed by atoms with Crippen LogP contribution in [0.3, 0.4) is 0 Å². The molecule has 0 atom stereocenters. The lowest BCUT2D eigenvalue weighted by Crippen LogP contribution is -2.38. The topological polar surface area (TPSA) is 83.9 Å². The zero-order valence-electron chi connectivity index (χ0n) is 17.8. The number of nitrogens with one attached hydrogen (secondary N) is 2. The van der Waals surface area contributed by atoms with Gasteiger partial charge in [-0.15, -0.1) is 12.4 Å². The van der Waals surface area contributed by atoms with Gasteiger partial charge in [-0.1, -0.05) is 12.1 Å². The largest absolute Gasteiger partial charge is 0.492 e. The Morgan fingerprint density at radius 1 is 1.26 bits per heavy atom. The smallest absolute Gasteiger partial charge is 0.347 e. The van der Waals surface area contributed by atoms with Gasteiger partial charge in [-0.3, -0.25) is 4.90 Å². The lowest BCUT2D eigenvalue weighted by Gasteiger charge is -2.26. The molecule has 3 aromatic rings. The van der Waals surface area contributed by atoms with E-state index in [1.165, 1.54) is 9.96 Å². The van der Waals surface area contributed by atoms with Crippen molar-refractivity contribution in [2.45, 2.75) is 19.8 Å². The molecule has 1 aliphatic heterocycles. The highest BCUT2D eigenvalue weighted by atomic mass is 35.5. The molecule has 2 aromatic heterocycles. The third kappa shape index (κ3) is 6.22. The van der Waals surface area contributed by atoms with Crippen LogP contribution in [-0.4, -0.2) is 65.5 Å². The van der Waals surface area contributed by atoms with E-state index in [0.717, 1.165) is 69.2 Å². The van der Waals surface area contributed by atoms with Crippen molar-refractivity contribution in [3.05, 3.63) is 58.1 Å². The minimum atomic E-state index is -0.220. The molecule has 0 saturated carbocycles. The first-order valence-corrected chi connectivity index (χ1v) is 10.5. The molecule has 4 rings (SSSR count). The van der Waals surface area contributed by atoms with Crippen molar-refractivity contribution in [2.24, 2.45) is 0 Å². The van der Waals surface area contributed by atoms with E-state index in [1.54, 1.807) is 6.20 Å². The SMILES string of the molecule is Cc1cc(NCCCc2cccc(OCCN3CCOCC3)c2)c2n[nH]c(=O)n2c1.Cl. The Morgan fingerprint density at radius 3 is 2.94 bits per heavy atom. The Morgan fingerprint density at radius 2 is 2.10 bits per heavy atom. The zero-order chi connectivity index (χ0) is 20.8. The van der Waals surface area contributed by atoms with Gasteiger partial charge in [0.05, 0.1) is 18.9 Å². The molecule has 168 valence electrons. The number of aromatic nitrogens is 3. The maximum Gasteiger partial charge on any atom is 0.347 e. The minimum absolute atomic E-state index is 0. The summed E-state index contributed by atoms with van der Waals surface area (Å²) in [7, 11) is 0. The molecule has 1 saturated heterocycles. The van der Waals surface area contributed by atoms with E-state index < -0.39 is 0 Å². The van der Waals surface area contributed by atoms with Crippen LogP contribution >= 0.6 is 12.4 Å². The summed E-state index contributed by atoms with van der Waals surface area (Å²) in [4.78, 5) is 14.2. The number of aromatic amines is 1. The fourth-order valence-corrected chi connectivity index (χ4v) is 3.70. The second kappa shape index (κ2) is 11.2. The molecule has 0 amide bonds. The summed E-state index contributed by atoms with van der Waals surface area (Å²) in [6, 6.07) is 10.3. The van der Waals surface area contributed by atoms with Crippen LogP contribution in [0.4, 0.5) is 5.69 Å². The van der Waals surface area contributed by atoms with E-state index in [1.807, 2.05) is 25.1 Å². The maximum absolute atomic E-state index is 11.8. The Balaban J connectivity index is 0.00000272. The number of H-pyrrole nitrogens is 1. The Bertz CT molecular complexity index is 1030. The van der Waals surface area contributed by atoms with E-state index in [0.29, 0.717) is 12.3 Å². The Hall–Kier alpha value is -2.55. The van der Waals surface area contributed by atoms with Crippen LogP contribution in [0.2, 0.25) is 0 Å². The molecule has 8 nitrogen and oxygen atoms in total. The zero-order valence-corrected chi connectivity index (χ0v) is 18.6. The predicted molar refractivity (Wildman–Crippen MR) is 124 cm³/mol. The highest BCUT2D eigenvalue weighted by Crippen LogP contribution is 2.17. The van der Waals surface area contributed by atoms with Gasteiger partial charge in [-0.25, -0.2) is 14.3 Å². The van der Waals surface area contributed by atoms with Crippen molar-refractivity contribution in [1.29, 1.82) is 0 Å². The average molecular weight is 448 g/mol. The van der Waals surface area contributed by atoms with E-state index in [-0.39, 0.29) is 18.1 Å². The van der Waals surface area contributed by atoms with Gasteiger partial charge in [0.25, 0.3) is 0 Å². The molecular weight excluding hydrogens is 418 g/mol. The first kappa shape index (κ1) is 23.1. The fourth-order valence-electron chi connectivity index (χ4n) is 3.70. The summed E-state index contributed by atoms with van der Waals surface area (Å²) in [5.41, 5.74) is 3.54. The van der Waals surface area contributed by atoms with Crippen LogP contribution in [0, 0.1) is 6.92 Å². The van der Waals surface area contributed by atoms with Crippen molar-refractivity contribution >= 4 is 23.7 Å². The average Bonchev–Trinajstić information content (AvgIpc) is 3.13. The highest BCUT2D eigenvalue weighted by Gasteiger charge is 2.10. The predicted octanol–water partition coefficient (Wildman–Crippen LogP) is 2.51. The molecule has 9 heteroatoms. The Labute approximate surface area is 188 Å². The van der Waals surface area contributed by atoms with E-state index >= 15 is 0 Å². The molecule has 0 spiro atoms. The number of rotatable bonds is 9. The van der Waals surface area contributed by atoms with Crippen LogP contribution in [-0.2, 0) is 11.2 Å². The summed E-state index contributed by atoms with van der Waals surface area (Å²) in [6.07, 6.45) is 3.70. The molecule has 2 N–H and O–H groups in total.